The van der Waals surface area contributed by atoms with Crippen molar-refractivity contribution in [3.63, 3.8) is 0 Å². The third-order valence-corrected chi connectivity index (χ3v) is 1.51. The van der Waals surface area contributed by atoms with Gasteiger partial charge in [-0.2, -0.15) is 0 Å². The van der Waals surface area contributed by atoms with Crippen LogP contribution in [0.5, 0.6) is 17.2 Å². The lowest BCUT2D eigenvalue weighted by Gasteiger charge is -2.07. The summed E-state index contributed by atoms with van der Waals surface area (Å²) >= 11 is 0. The van der Waals surface area contributed by atoms with Gasteiger partial charge in [-0.3, -0.25) is 4.79 Å². The number of hydrogen-bond acceptors (Lipinski definition) is 4. The van der Waals surface area contributed by atoms with Crippen LogP contribution in [-0.4, -0.2) is 23.1 Å². The molecule has 13 heavy (non-hydrogen) atoms. The third kappa shape index (κ3) is 1.90. The Balaban J connectivity index is 3.16. The summed E-state index contributed by atoms with van der Waals surface area (Å²) in [6.45, 7) is 2.10. The molecule has 0 aliphatic rings. The number of phenols is 2. The summed E-state index contributed by atoms with van der Waals surface area (Å²) in [4.78, 5) is 10.4. The second kappa shape index (κ2) is 3.80. The van der Waals surface area contributed by atoms with Gasteiger partial charge in [-0.1, -0.05) is 0 Å². The highest BCUT2D eigenvalue weighted by Crippen LogP contribution is 2.35. The average molecular weight is 182 g/mol. The van der Waals surface area contributed by atoms with Gasteiger partial charge in [-0.05, 0) is 19.1 Å². The average Bonchev–Trinajstić information content (AvgIpc) is 2.13. The van der Waals surface area contributed by atoms with Crippen LogP contribution < -0.4 is 4.74 Å². The molecule has 0 heterocycles. The Bertz CT molecular complexity index is 320. The number of carbonyl (C=O) groups is 1. The molecule has 0 spiro atoms. The summed E-state index contributed by atoms with van der Waals surface area (Å²) in [7, 11) is 0. The molecule has 0 atom stereocenters. The van der Waals surface area contributed by atoms with Crippen LogP contribution in [0.15, 0.2) is 12.1 Å². The maximum atomic E-state index is 10.4. The fourth-order valence-corrected chi connectivity index (χ4v) is 0.947. The summed E-state index contributed by atoms with van der Waals surface area (Å²) < 4.78 is 4.99. The number of carbonyl (C=O) groups excluding carboxylic acids is 1. The van der Waals surface area contributed by atoms with E-state index in [2.05, 4.69) is 0 Å². The Morgan fingerprint density at radius 3 is 2.69 bits per heavy atom. The predicted octanol–water partition coefficient (Wildman–Crippen LogP) is 1.31. The van der Waals surface area contributed by atoms with E-state index in [0.29, 0.717) is 12.9 Å². The molecule has 4 heteroatoms. The SMILES string of the molecule is CCOc1cc(C=O)cc(O)c1O. The second-order valence-corrected chi connectivity index (χ2v) is 2.44. The third-order valence-electron chi connectivity index (χ3n) is 1.51. The van der Waals surface area contributed by atoms with Crippen molar-refractivity contribution in [1.82, 2.24) is 0 Å². The number of phenolic OH excluding ortho intramolecular Hbond substituents is 2. The van der Waals surface area contributed by atoms with E-state index in [1.165, 1.54) is 12.1 Å². The van der Waals surface area contributed by atoms with E-state index in [0.717, 1.165) is 0 Å². The van der Waals surface area contributed by atoms with Gasteiger partial charge in [-0.15, -0.1) is 0 Å². The van der Waals surface area contributed by atoms with Gasteiger partial charge < -0.3 is 14.9 Å². The standard InChI is InChI=1S/C9H10O4/c1-2-13-8-4-6(5-10)3-7(11)9(8)12/h3-5,11-12H,2H2,1H3. The minimum absolute atomic E-state index is 0.115. The number of rotatable bonds is 3. The van der Waals surface area contributed by atoms with Gasteiger partial charge in [0.1, 0.15) is 6.29 Å². The molecule has 1 aromatic carbocycles. The van der Waals surface area contributed by atoms with Crippen LogP contribution in [0.2, 0.25) is 0 Å². The molecular weight excluding hydrogens is 172 g/mol. The van der Waals surface area contributed by atoms with Crippen LogP contribution in [-0.2, 0) is 0 Å². The summed E-state index contributed by atoms with van der Waals surface area (Å²) in [5, 5.41) is 18.4. The van der Waals surface area contributed by atoms with E-state index >= 15 is 0 Å². The van der Waals surface area contributed by atoms with Crippen molar-refractivity contribution in [3.05, 3.63) is 17.7 Å². The molecule has 0 aliphatic carbocycles. The fraction of sp³-hybridized carbons (Fsp3) is 0.222. The van der Waals surface area contributed by atoms with Crippen molar-refractivity contribution >= 4 is 6.29 Å². The van der Waals surface area contributed by atoms with Crippen LogP contribution in [0.3, 0.4) is 0 Å². The van der Waals surface area contributed by atoms with Gasteiger partial charge >= 0.3 is 0 Å². The first-order valence-corrected chi connectivity index (χ1v) is 3.83. The van der Waals surface area contributed by atoms with Crippen molar-refractivity contribution < 1.29 is 19.7 Å². The van der Waals surface area contributed by atoms with Crippen LogP contribution in [0.25, 0.3) is 0 Å². The zero-order valence-electron chi connectivity index (χ0n) is 7.15. The minimum Gasteiger partial charge on any atom is -0.504 e. The first-order chi connectivity index (χ1) is 6.19. The molecule has 0 radical (unpaired) electrons. The highest BCUT2D eigenvalue weighted by Gasteiger charge is 2.09. The van der Waals surface area contributed by atoms with E-state index in [-0.39, 0.29) is 22.8 Å². The summed E-state index contributed by atoms with van der Waals surface area (Å²) in [5.41, 5.74) is 0.263. The van der Waals surface area contributed by atoms with E-state index in [4.69, 9.17) is 9.84 Å². The summed E-state index contributed by atoms with van der Waals surface area (Å²) in [6.07, 6.45) is 0.571. The number of ether oxygens (including phenoxy) is 1. The zero-order valence-corrected chi connectivity index (χ0v) is 7.15. The monoisotopic (exact) mass is 182 g/mol. The van der Waals surface area contributed by atoms with Gasteiger partial charge in [-0.25, -0.2) is 0 Å². The normalized spacial score (nSPS) is 9.62. The van der Waals surface area contributed by atoms with E-state index < -0.39 is 0 Å². The van der Waals surface area contributed by atoms with Crippen LogP contribution in [0.4, 0.5) is 0 Å². The highest BCUT2D eigenvalue weighted by molar-refractivity contribution is 5.78. The molecule has 1 aromatic rings. The van der Waals surface area contributed by atoms with E-state index in [1.54, 1.807) is 6.92 Å². The quantitative estimate of drug-likeness (QED) is 0.546. The molecular formula is C9H10O4. The molecule has 0 saturated heterocycles. The molecule has 0 amide bonds. The van der Waals surface area contributed by atoms with Crippen LogP contribution in [0, 0.1) is 0 Å². The van der Waals surface area contributed by atoms with Gasteiger partial charge in [0, 0.05) is 5.56 Å². The fourth-order valence-electron chi connectivity index (χ4n) is 0.947. The smallest absolute Gasteiger partial charge is 0.200 e. The van der Waals surface area contributed by atoms with Crippen molar-refractivity contribution in [2.45, 2.75) is 6.92 Å². The molecule has 0 aromatic heterocycles. The van der Waals surface area contributed by atoms with Gasteiger partial charge in [0.25, 0.3) is 0 Å². The second-order valence-electron chi connectivity index (χ2n) is 2.44. The van der Waals surface area contributed by atoms with Crippen LogP contribution >= 0.6 is 0 Å². The van der Waals surface area contributed by atoms with Crippen molar-refractivity contribution in [2.75, 3.05) is 6.61 Å². The van der Waals surface area contributed by atoms with Crippen molar-refractivity contribution in [2.24, 2.45) is 0 Å². The number of hydrogen-bond donors (Lipinski definition) is 2. The first kappa shape index (κ1) is 9.38. The number of benzene rings is 1. The molecule has 0 bridgehead atoms. The lowest BCUT2D eigenvalue weighted by molar-refractivity contribution is 0.112. The Labute approximate surface area is 75.4 Å². The molecule has 2 N–H and O–H groups in total. The van der Waals surface area contributed by atoms with Crippen molar-refractivity contribution in [1.29, 1.82) is 0 Å². The molecule has 0 fully saturated rings. The lowest BCUT2D eigenvalue weighted by Crippen LogP contribution is -1.93. The summed E-state index contributed by atoms with van der Waals surface area (Å²) in [5.74, 6) is -0.579. The van der Waals surface area contributed by atoms with E-state index in [9.17, 15) is 9.90 Å². The van der Waals surface area contributed by atoms with Gasteiger partial charge in [0.05, 0.1) is 6.61 Å². The Hall–Kier alpha value is -1.71. The van der Waals surface area contributed by atoms with Crippen LogP contribution in [0.1, 0.15) is 17.3 Å². The molecule has 0 unspecified atom stereocenters. The first-order valence-electron chi connectivity index (χ1n) is 3.83. The van der Waals surface area contributed by atoms with Crippen molar-refractivity contribution in [3.8, 4) is 17.2 Å². The number of aldehydes is 1. The molecule has 0 aliphatic heterocycles. The maximum absolute atomic E-state index is 10.4. The summed E-state index contributed by atoms with van der Waals surface area (Å²) in [6, 6.07) is 2.54. The lowest BCUT2D eigenvalue weighted by atomic mass is 10.2. The Kier molecular flexibility index (Phi) is 2.74. The van der Waals surface area contributed by atoms with Gasteiger partial charge in [0.2, 0.25) is 5.75 Å². The molecule has 4 nitrogen and oxygen atoms in total. The number of aromatic hydroxyl groups is 2. The largest absolute Gasteiger partial charge is 0.504 e. The van der Waals surface area contributed by atoms with Gasteiger partial charge in [0.15, 0.2) is 11.5 Å². The topological polar surface area (TPSA) is 66.8 Å². The maximum Gasteiger partial charge on any atom is 0.200 e. The molecule has 0 saturated carbocycles. The predicted molar refractivity (Wildman–Crippen MR) is 46.3 cm³/mol. The zero-order chi connectivity index (χ0) is 9.84. The molecule has 1 rings (SSSR count). The Morgan fingerprint density at radius 1 is 1.46 bits per heavy atom. The highest BCUT2D eigenvalue weighted by atomic mass is 16.5. The minimum atomic E-state index is -0.354. The van der Waals surface area contributed by atoms with E-state index in [1.807, 2.05) is 0 Å². The Morgan fingerprint density at radius 2 is 2.15 bits per heavy atom. The molecule has 70 valence electrons.